The van der Waals surface area contributed by atoms with Crippen molar-refractivity contribution in [3.63, 3.8) is 0 Å². The van der Waals surface area contributed by atoms with Gasteiger partial charge in [-0.05, 0) is 38.5 Å². The molecule has 0 fully saturated rings. The molecule has 0 radical (unpaired) electrons. The Bertz CT molecular complexity index is 313. The molecule has 0 aromatic carbocycles. The molecule has 0 aromatic rings. The summed E-state index contributed by atoms with van der Waals surface area (Å²) in [5, 5.41) is 0. The molecule has 0 amide bonds. The smallest absolute Gasteiger partial charge is 0.135 e. The quantitative estimate of drug-likeness (QED) is 0.188. The monoisotopic (exact) mass is 402 g/mol. The van der Waals surface area contributed by atoms with Crippen molar-refractivity contribution in [2.45, 2.75) is 123 Å². The van der Waals surface area contributed by atoms with E-state index in [-0.39, 0.29) is 5.41 Å². The fourth-order valence-electron chi connectivity index (χ4n) is 3.40. The second kappa shape index (κ2) is 14.3. The first kappa shape index (κ1) is 24.1. The molecule has 24 heavy (non-hydrogen) atoms. The average molecular weight is 403 g/mol. The molecule has 0 N–H and O–H groups in total. The highest BCUT2D eigenvalue weighted by molar-refractivity contribution is 9.09. The van der Waals surface area contributed by atoms with Gasteiger partial charge >= 0.3 is 0 Å². The van der Waals surface area contributed by atoms with Crippen molar-refractivity contribution in [2.24, 2.45) is 11.3 Å². The van der Waals surface area contributed by atoms with E-state index < -0.39 is 0 Å². The third-order valence-corrected chi connectivity index (χ3v) is 6.13. The Balaban J connectivity index is 4.01. The van der Waals surface area contributed by atoms with Crippen molar-refractivity contribution >= 4 is 21.7 Å². The third kappa shape index (κ3) is 12.5. The first-order valence-electron chi connectivity index (χ1n) is 10.5. The van der Waals surface area contributed by atoms with Crippen LogP contribution in [0.4, 0.5) is 0 Å². The molecule has 2 heteroatoms. The van der Waals surface area contributed by atoms with E-state index in [1.54, 1.807) is 6.92 Å². The zero-order valence-corrected chi connectivity index (χ0v) is 18.7. The predicted molar refractivity (Wildman–Crippen MR) is 112 cm³/mol. The van der Waals surface area contributed by atoms with Crippen molar-refractivity contribution in [3.05, 3.63) is 0 Å². The molecule has 0 rings (SSSR count). The van der Waals surface area contributed by atoms with Crippen molar-refractivity contribution in [2.75, 3.05) is 0 Å². The lowest BCUT2D eigenvalue weighted by molar-refractivity contribution is -0.126. The van der Waals surface area contributed by atoms with Crippen LogP contribution in [0.2, 0.25) is 0 Å². The van der Waals surface area contributed by atoms with Gasteiger partial charge in [0.15, 0.2) is 0 Å². The van der Waals surface area contributed by atoms with E-state index >= 15 is 0 Å². The van der Waals surface area contributed by atoms with Crippen LogP contribution in [-0.4, -0.2) is 10.6 Å². The molecule has 0 aliphatic carbocycles. The summed E-state index contributed by atoms with van der Waals surface area (Å²) >= 11 is 3.61. The van der Waals surface area contributed by atoms with Gasteiger partial charge in [0, 0.05) is 10.2 Å². The Labute approximate surface area is 160 Å². The van der Waals surface area contributed by atoms with Gasteiger partial charge in [-0.15, -0.1) is 0 Å². The normalized spacial score (nSPS) is 16.6. The van der Waals surface area contributed by atoms with Crippen molar-refractivity contribution < 1.29 is 4.79 Å². The molecule has 3 unspecified atom stereocenters. The standard InChI is InChI=1S/C22H43BrO/c1-6-7-8-11-14-19(2)16-18-22(5,21(4)24)17-13-10-9-12-15-20(3)23/h19-20H,6-18H2,1-5H3. The summed E-state index contributed by atoms with van der Waals surface area (Å²) in [6.45, 7) is 10.9. The lowest BCUT2D eigenvalue weighted by Gasteiger charge is -2.28. The Morgan fingerprint density at radius 1 is 0.875 bits per heavy atom. The topological polar surface area (TPSA) is 17.1 Å². The Morgan fingerprint density at radius 3 is 2.04 bits per heavy atom. The van der Waals surface area contributed by atoms with Gasteiger partial charge in [0.2, 0.25) is 0 Å². The minimum Gasteiger partial charge on any atom is -0.299 e. The van der Waals surface area contributed by atoms with Crippen LogP contribution >= 0.6 is 15.9 Å². The maximum atomic E-state index is 12.2. The van der Waals surface area contributed by atoms with Crippen molar-refractivity contribution in [1.82, 2.24) is 0 Å². The minimum atomic E-state index is -0.0829. The summed E-state index contributed by atoms with van der Waals surface area (Å²) in [5.41, 5.74) is -0.0829. The maximum Gasteiger partial charge on any atom is 0.135 e. The molecule has 0 saturated heterocycles. The van der Waals surface area contributed by atoms with Gasteiger partial charge in [0.05, 0.1) is 0 Å². The van der Waals surface area contributed by atoms with E-state index in [1.165, 1.54) is 70.6 Å². The fraction of sp³-hybridized carbons (Fsp3) is 0.955. The highest BCUT2D eigenvalue weighted by Crippen LogP contribution is 2.33. The van der Waals surface area contributed by atoms with Gasteiger partial charge < -0.3 is 0 Å². The molecule has 3 atom stereocenters. The number of halogens is 1. The lowest BCUT2D eigenvalue weighted by atomic mass is 9.75. The molecule has 0 saturated carbocycles. The average Bonchev–Trinajstić information content (AvgIpc) is 2.52. The number of rotatable bonds is 16. The molecular weight excluding hydrogens is 360 g/mol. The zero-order valence-electron chi connectivity index (χ0n) is 17.1. The van der Waals surface area contributed by atoms with Gasteiger partial charge in [-0.1, -0.05) is 101 Å². The summed E-state index contributed by atoms with van der Waals surface area (Å²) < 4.78 is 0. The minimum absolute atomic E-state index is 0.0829. The van der Waals surface area contributed by atoms with Gasteiger partial charge in [0.1, 0.15) is 5.78 Å². The molecule has 0 spiro atoms. The number of unbranched alkanes of at least 4 members (excludes halogenated alkanes) is 6. The van der Waals surface area contributed by atoms with E-state index in [1.807, 2.05) is 0 Å². The summed E-state index contributed by atoms with van der Waals surface area (Å²) in [7, 11) is 0. The van der Waals surface area contributed by atoms with Crippen LogP contribution in [0.3, 0.4) is 0 Å². The van der Waals surface area contributed by atoms with Crippen LogP contribution in [-0.2, 0) is 4.79 Å². The summed E-state index contributed by atoms with van der Waals surface area (Å²) in [6.07, 6.45) is 16.5. The van der Waals surface area contributed by atoms with Gasteiger partial charge in [-0.25, -0.2) is 0 Å². The first-order chi connectivity index (χ1) is 11.3. The largest absolute Gasteiger partial charge is 0.299 e. The molecule has 0 aliphatic heterocycles. The second-order valence-electron chi connectivity index (χ2n) is 8.34. The molecular formula is C22H43BrO. The van der Waals surface area contributed by atoms with Crippen LogP contribution < -0.4 is 0 Å². The van der Waals surface area contributed by atoms with Gasteiger partial charge in [0.25, 0.3) is 0 Å². The molecule has 0 aliphatic rings. The molecule has 1 nitrogen and oxygen atoms in total. The number of Topliss-reactive ketones (excluding diaryl/α,β-unsaturated/α-hetero) is 1. The van der Waals surface area contributed by atoms with E-state index in [0.29, 0.717) is 10.6 Å². The highest BCUT2D eigenvalue weighted by atomic mass is 79.9. The first-order valence-corrected chi connectivity index (χ1v) is 11.4. The number of hydrogen-bond acceptors (Lipinski definition) is 1. The highest BCUT2D eigenvalue weighted by Gasteiger charge is 2.29. The van der Waals surface area contributed by atoms with Crippen LogP contribution in [0.5, 0.6) is 0 Å². The van der Waals surface area contributed by atoms with Crippen molar-refractivity contribution in [1.29, 1.82) is 0 Å². The zero-order chi connectivity index (χ0) is 18.4. The summed E-state index contributed by atoms with van der Waals surface area (Å²) in [6, 6.07) is 0. The number of carbonyl (C=O) groups is 1. The number of alkyl halides is 1. The molecule has 0 aromatic heterocycles. The van der Waals surface area contributed by atoms with Crippen LogP contribution in [0.15, 0.2) is 0 Å². The van der Waals surface area contributed by atoms with E-state index in [9.17, 15) is 4.79 Å². The Morgan fingerprint density at radius 2 is 1.46 bits per heavy atom. The second-order valence-corrected chi connectivity index (χ2v) is 9.91. The van der Waals surface area contributed by atoms with Gasteiger partial charge in [-0.2, -0.15) is 0 Å². The molecule has 144 valence electrons. The van der Waals surface area contributed by atoms with Gasteiger partial charge in [-0.3, -0.25) is 4.79 Å². The molecule has 0 heterocycles. The van der Waals surface area contributed by atoms with E-state index in [2.05, 4.69) is 43.6 Å². The number of ketones is 1. The number of hydrogen-bond donors (Lipinski definition) is 0. The van der Waals surface area contributed by atoms with E-state index in [0.717, 1.165) is 18.8 Å². The summed E-state index contributed by atoms with van der Waals surface area (Å²) in [5.74, 6) is 1.16. The van der Waals surface area contributed by atoms with Crippen LogP contribution in [0, 0.1) is 11.3 Å². The van der Waals surface area contributed by atoms with Crippen LogP contribution in [0.1, 0.15) is 118 Å². The van der Waals surface area contributed by atoms with Crippen molar-refractivity contribution in [3.8, 4) is 0 Å². The Kier molecular flexibility index (Phi) is 14.4. The predicted octanol–water partition coefficient (Wildman–Crippen LogP) is 8.09. The SMILES string of the molecule is CCCCCCC(C)CCC(C)(CCCCCCC(C)Br)C(C)=O. The fourth-order valence-corrected chi connectivity index (χ4v) is 3.72. The Hall–Kier alpha value is 0.150. The molecule has 0 bridgehead atoms. The van der Waals surface area contributed by atoms with Crippen LogP contribution in [0.25, 0.3) is 0 Å². The lowest BCUT2D eigenvalue weighted by Crippen LogP contribution is -2.26. The number of carbonyl (C=O) groups excluding carboxylic acids is 1. The maximum absolute atomic E-state index is 12.2. The third-order valence-electron chi connectivity index (χ3n) is 5.67. The van der Waals surface area contributed by atoms with E-state index in [4.69, 9.17) is 0 Å². The summed E-state index contributed by atoms with van der Waals surface area (Å²) in [4.78, 5) is 12.8.